The Balaban J connectivity index is 1.55. The number of hydrogen-bond donors (Lipinski definition) is 1. The van der Waals surface area contributed by atoms with Crippen LogP contribution in [0.15, 0.2) is 41.2 Å². The fourth-order valence-corrected chi connectivity index (χ4v) is 2.84. The van der Waals surface area contributed by atoms with Crippen molar-refractivity contribution in [2.45, 2.75) is 13.5 Å². The van der Waals surface area contributed by atoms with Gasteiger partial charge in [-0.25, -0.2) is 4.98 Å². The van der Waals surface area contributed by atoms with E-state index in [0.717, 1.165) is 0 Å². The summed E-state index contributed by atoms with van der Waals surface area (Å²) in [6.45, 7) is 1.35. The molecule has 0 unspecified atom stereocenters. The van der Waals surface area contributed by atoms with Crippen molar-refractivity contribution in [3.63, 3.8) is 0 Å². The number of nitrogens with zero attached hydrogens (tertiary/aromatic N) is 3. The number of ether oxygens (including phenoxy) is 1. The van der Waals surface area contributed by atoms with Crippen LogP contribution < -0.4 is 10.9 Å². The molecule has 2 heterocycles. The molecule has 3 aromatic rings. The third-order valence-corrected chi connectivity index (χ3v) is 4.03. The van der Waals surface area contributed by atoms with Gasteiger partial charge in [-0.05, 0) is 19.1 Å². The first kappa shape index (κ1) is 16.8. The van der Waals surface area contributed by atoms with Gasteiger partial charge in [0.15, 0.2) is 0 Å². The van der Waals surface area contributed by atoms with Gasteiger partial charge in [0.1, 0.15) is 18.2 Å². The molecular formula is C16H14N4O4S. The van der Waals surface area contributed by atoms with Gasteiger partial charge < -0.3 is 10.1 Å². The lowest BCUT2D eigenvalue weighted by atomic mass is 10.2. The van der Waals surface area contributed by atoms with Crippen LogP contribution in [0.1, 0.15) is 21.1 Å². The minimum absolute atomic E-state index is 0.150. The summed E-state index contributed by atoms with van der Waals surface area (Å²) in [5, 5.41) is 7.21. The molecule has 0 saturated heterocycles. The molecule has 1 aromatic carbocycles. The molecule has 128 valence electrons. The number of rotatable bonds is 5. The lowest BCUT2D eigenvalue weighted by Gasteiger charge is -2.06. The monoisotopic (exact) mass is 358 g/mol. The number of carbonyl (C=O) groups excluding carboxylic acids is 2. The van der Waals surface area contributed by atoms with Crippen molar-refractivity contribution in [1.82, 2.24) is 19.9 Å². The Labute approximate surface area is 146 Å². The maximum absolute atomic E-state index is 11.9. The van der Waals surface area contributed by atoms with Crippen LogP contribution in [0.3, 0.4) is 0 Å². The van der Waals surface area contributed by atoms with Crippen molar-refractivity contribution in [1.29, 1.82) is 0 Å². The Morgan fingerprint density at radius 1 is 1.28 bits per heavy atom. The van der Waals surface area contributed by atoms with Gasteiger partial charge in [0.05, 0.1) is 5.69 Å². The van der Waals surface area contributed by atoms with Crippen molar-refractivity contribution in [2.75, 3.05) is 6.54 Å². The smallest absolute Gasteiger partial charge is 0.325 e. The molecule has 0 saturated carbocycles. The second kappa shape index (κ2) is 7.22. The van der Waals surface area contributed by atoms with Gasteiger partial charge in [-0.1, -0.05) is 29.5 Å². The summed E-state index contributed by atoms with van der Waals surface area (Å²) in [5.41, 5.74) is 0.449. The van der Waals surface area contributed by atoms with Crippen LogP contribution in [-0.4, -0.2) is 33.0 Å². The Hall–Kier alpha value is -3.07. The van der Waals surface area contributed by atoms with E-state index >= 15 is 0 Å². The quantitative estimate of drug-likeness (QED) is 0.681. The lowest BCUT2D eigenvalue weighted by Crippen LogP contribution is -2.30. The highest BCUT2D eigenvalue weighted by molar-refractivity contribution is 7.16. The van der Waals surface area contributed by atoms with Crippen molar-refractivity contribution in [3.05, 3.63) is 63.0 Å². The molecule has 1 amide bonds. The van der Waals surface area contributed by atoms with Gasteiger partial charge >= 0.3 is 5.97 Å². The molecule has 0 fully saturated rings. The summed E-state index contributed by atoms with van der Waals surface area (Å²) in [7, 11) is 0. The van der Waals surface area contributed by atoms with Crippen LogP contribution in [0, 0.1) is 6.92 Å². The predicted molar refractivity (Wildman–Crippen MR) is 90.4 cm³/mol. The summed E-state index contributed by atoms with van der Waals surface area (Å²) in [4.78, 5) is 40.1. The minimum Gasteiger partial charge on any atom is -0.458 e. The summed E-state index contributed by atoms with van der Waals surface area (Å²) in [6, 6.07) is 9.81. The normalized spacial score (nSPS) is 10.6. The Bertz CT molecular complexity index is 981. The number of benzene rings is 1. The molecule has 1 N–H and O–H groups in total. The average molecular weight is 358 g/mol. The summed E-state index contributed by atoms with van der Waals surface area (Å²) in [6.07, 6.45) is 0. The summed E-state index contributed by atoms with van der Waals surface area (Å²) in [5.74, 6) is -0.984. The maximum Gasteiger partial charge on any atom is 0.325 e. The maximum atomic E-state index is 11.9. The fourth-order valence-electron chi connectivity index (χ4n) is 2.08. The van der Waals surface area contributed by atoms with Gasteiger partial charge in [-0.2, -0.15) is 9.61 Å². The van der Waals surface area contributed by atoms with E-state index in [1.54, 1.807) is 37.3 Å². The summed E-state index contributed by atoms with van der Waals surface area (Å²) < 4.78 is 6.24. The van der Waals surface area contributed by atoms with Gasteiger partial charge in [0.2, 0.25) is 4.96 Å². The van der Waals surface area contributed by atoms with Crippen molar-refractivity contribution < 1.29 is 14.3 Å². The van der Waals surface area contributed by atoms with E-state index in [1.807, 2.05) is 0 Å². The van der Waals surface area contributed by atoms with Crippen LogP contribution in [0.5, 0.6) is 0 Å². The number of nitrogens with one attached hydrogen (secondary N) is 1. The topological polar surface area (TPSA) is 103 Å². The molecular weight excluding hydrogens is 344 g/mol. The van der Waals surface area contributed by atoms with E-state index in [2.05, 4.69) is 15.4 Å². The van der Waals surface area contributed by atoms with E-state index < -0.39 is 5.97 Å². The average Bonchev–Trinajstić information content (AvgIpc) is 2.99. The van der Waals surface area contributed by atoms with Crippen LogP contribution in [0.25, 0.3) is 4.96 Å². The highest BCUT2D eigenvalue weighted by Crippen LogP contribution is 2.10. The first-order valence-corrected chi connectivity index (χ1v) is 8.20. The lowest BCUT2D eigenvalue weighted by molar-refractivity contribution is -0.143. The number of hydrogen-bond acceptors (Lipinski definition) is 7. The standard InChI is InChI=1S/C16H14N4O4S/c1-10-19-20-13(21)7-12(18-16(20)25-10)9-24-14(22)8-17-15(23)11-5-3-2-4-6-11/h2-7H,8-9H2,1H3,(H,17,23). The number of fused-ring (bicyclic) bond motifs is 1. The third-order valence-electron chi connectivity index (χ3n) is 3.21. The van der Waals surface area contributed by atoms with Crippen LogP contribution in [0.2, 0.25) is 0 Å². The zero-order valence-electron chi connectivity index (χ0n) is 13.3. The molecule has 0 atom stereocenters. The van der Waals surface area contributed by atoms with E-state index in [-0.39, 0.29) is 24.6 Å². The molecule has 2 aromatic heterocycles. The summed E-state index contributed by atoms with van der Waals surface area (Å²) >= 11 is 1.27. The molecule has 25 heavy (non-hydrogen) atoms. The molecule has 0 bridgehead atoms. The Morgan fingerprint density at radius 2 is 2.04 bits per heavy atom. The fraction of sp³-hybridized carbons (Fsp3) is 0.188. The second-order valence-corrected chi connectivity index (χ2v) is 6.27. The van der Waals surface area contributed by atoms with Crippen molar-refractivity contribution in [2.24, 2.45) is 0 Å². The van der Waals surface area contributed by atoms with Crippen LogP contribution >= 0.6 is 11.3 Å². The molecule has 3 rings (SSSR count). The molecule has 0 radical (unpaired) electrons. The number of esters is 1. The number of amides is 1. The molecule has 0 spiro atoms. The first-order chi connectivity index (χ1) is 12.0. The third kappa shape index (κ3) is 4.07. The highest BCUT2D eigenvalue weighted by Gasteiger charge is 2.11. The highest BCUT2D eigenvalue weighted by atomic mass is 32.1. The van der Waals surface area contributed by atoms with Crippen LogP contribution in [-0.2, 0) is 16.1 Å². The Morgan fingerprint density at radius 3 is 2.80 bits per heavy atom. The van der Waals surface area contributed by atoms with Gasteiger partial charge in [-0.15, -0.1) is 0 Å². The molecule has 8 nitrogen and oxygen atoms in total. The molecule has 0 aliphatic heterocycles. The molecule has 0 aliphatic carbocycles. The van der Waals surface area contributed by atoms with Crippen molar-refractivity contribution >= 4 is 28.2 Å². The predicted octanol–water partition coefficient (Wildman–Crippen LogP) is 0.933. The zero-order chi connectivity index (χ0) is 17.8. The second-order valence-electron chi connectivity index (χ2n) is 5.11. The molecule has 0 aliphatic rings. The number of aryl methyl sites for hydroxylation is 1. The van der Waals surface area contributed by atoms with Gasteiger partial charge in [-0.3, -0.25) is 14.4 Å². The van der Waals surface area contributed by atoms with Gasteiger partial charge in [0, 0.05) is 11.6 Å². The largest absolute Gasteiger partial charge is 0.458 e. The Kier molecular flexibility index (Phi) is 4.85. The van der Waals surface area contributed by atoms with Crippen molar-refractivity contribution in [3.8, 4) is 0 Å². The number of carbonyl (C=O) groups is 2. The first-order valence-electron chi connectivity index (χ1n) is 7.38. The SMILES string of the molecule is Cc1nn2c(=O)cc(COC(=O)CNC(=O)c3ccccc3)nc2s1. The van der Waals surface area contributed by atoms with E-state index in [0.29, 0.717) is 21.2 Å². The van der Waals surface area contributed by atoms with Crippen LogP contribution in [0.4, 0.5) is 0 Å². The van der Waals surface area contributed by atoms with Gasteiger partial charge in [0.25, 0.3) is 11.5 Å². The van der Waals surface area contributed by atoms with E-state index in [1.165, 1.54) is 21.9 Å². The van der Waals surface area contributed by atoms with E-state index in [4.69, 9.17) is 4.74 Å². The minimum atomic E-state index is -0.619. The zero-order valence-corrected chi connectivity index (χ0v) is 14.1. The number of aromatic nitrogens is 3. The molecule has 9 heteroatoms. The van der Waals surface area contributed by atoms with E-state index in [9.17, 15) is 14.4 Å².